The fourth-order valence-electron chi connectivity index (χ4n) is 4.47. The Labute approximate surface area is 208 Å². The number of aryl methyl sites for hydroxylation is 1. The Morgan fingerprint density at radius 1 is 1.00 bits per heavy atom. The molecule has 0 radical (unpaired) electrons. The smallest absolute Gasteiger partial charge is 0.272 e. The van der Waals surface area contributed by atoms with Crippen LogP contribution in [0.2, 0.25) is 0 Å². The molecule has 184 valence electrons. The maximum absolute atomic E-state index is 12.6. The van der Waals surface area contributed by atoms with Crippen LogP contribution in [0.5, 0.6) is 11.5 Å². The summed E-state index contributed by atoms with van der Waals surface area (Å²) in [6.07, 6.45) is 0.00225. The first-order valence-corrected chi connectivity index (χ1v) is 11.9. The van der Waals surface area contributed by atoms with E-state index >= 15 is 0 Å². The summed E-state index contributed by atoms with van der Waals surface area (Å²) in [5, 5.41) is 0. The SMILES string of the molecule is Cc1c(OCc2ccccc2)c/c(=N\Cc2ccccn2)n2c1-c1ccc(OCC(F)F)cc1CC2. The zero-order valence-electron chi connectivity index (χ0n) is 20.0. The molecule has 0 spiro atoms. The normalized spacial score (nSPS) is 12.8. The summed E-state index contributed by atoms with van der Waals surface area (Å²) in [6, 6.07) is 23.4. The number of pyridine rings is 2. The Morgan fingerprint density at radius 3 is 2.61 bits per heavy atom. The average Bonchev–Trinajstić information content (AvgIpc) is 2.91. The maximum atomic E-state index is 12.6. The molecule has 5 rings (SSSR count). The van der Waals surface area contributed by atoms with Crippen LogP contribution in [0, 0.1) is 6.92 Å². The van der Waals surface area contributed by atoms with Crippen LogP contribution < -0.4 is 15.0 Å². The predicted octanol–water partition coefficient (Wildman–Crippen LogP) is 5.74. The molecule has 0 atom stereocenters. The van der Waals surface area contributed by atoms with E-state index < -0.39 is 13.0 Å². The van der Waals surface area contributed by atoms with E-state index in [1.165, 1.54) is 0 Å². The molecule has 36 heavy (non-hydrogen) atoms. The minimum absolute atomic E-state index is 0.443. The van der Waals surface area contributed by atoms with Crippen LogP contribution in [0.15, 0.2) is 84.0 Å². The quantitative estimate of drug-likeness (QED) is 0.319. The summed E-state index contributed by atoms with van der Waals surface area (Å²) in [4.78, 5) is 9.29. The van der Waals surface area contributed by atoms with Gasteiger partial charge in [0.15, 0.2) is 0 Å². The molecule has 1 aliphatic rings. The largest absolute Gasteiger partial charge is 0.488 e. The van der Waals surface area contributed by atoms with Crippen molar-refractivity contribution >= 4 is 0 Å². The molecule has 2 aromatic carbocycles. The number of rotatable bonds is 8. The summed E-state index contributed by atoms with van der Waals surface area (Å²) >= 11 is 0. The average molecular weight is 488 g/mol. The number of fused-ring (bicyclic) bond motifs is 3. The molecule has 5 nitrogen and oxygen atoms in total. The van der Waals surface area contributed by atoms with Crippen LogP contribution in [0.1, 0.15) is 22.4 Å². The minimum Gasteiger partial charge on any atom is -0.488 e. The second-order valence-electron chi connectivity index (χ2n) is 8.67. The first kappa shape index (κ1) is 23.7. The van der Waals surface area contributed by atoms with E-state index in [-0.39, 0.29) is 0 Å². The highest BCUT2D eigenvalue weighted by molar-refractivity contribution is 5.71. The summed E-state index contributed by atoms with van der Waals surface area (Å²) in [5.74, 6) is 1.22. The van der Waals surface area contributed by atoms with Crippen molar-refractivity contribution in [1.29, 1.82) is 0 Å². The van der Waals surface area contributed by atoms with Gasteiger partial charge in [-0.2, -0.15) is 0 Å². The fourth-order valence-corrected chi connectivity index (χ4v) is 4.47. The molecule has 0 fully saturated rings. The van der Waals surface area contributed by atoms with Gasteiger partial charge in [0.25, 0.3) is 6.43 Å². The Morgan fingerprint density at radius 2 is 1.83 bits per heavy atom. The molecular formula is C29H27F2N3O2. The standard InChI is InChI=1S/C29H27F2N3O2/c1-20-26(36-18-21-7-3-2-4-8-21)16-28(33-17-23-9-5-6-13-32-23)34-14-12-22-15-24(35-19-27(30)31)10-11-25(22)29(20)34/h2-11,13,15-16,27H,12,14,17-19H2,1H3/b33-28+. The number of nitrogens with zero attached hydrogens (tertiary/aromatic N) is 3. The van der Waals surface area contributed by atoms with Gasteiger partial charge in [0.1, 0.15) is 30.2 Å². The zero-order valence-corrected chi connectivity index (χ0v) is 20.0. The van der Waals surface area contributed by atoms with Crippen molar-refractivity contribution in [2.45, 2.75) is 39.5 Å². The van der Waals surface area contributed by atoms with Gasteiger partial charge in [-0.3, -0.25) is 9.98 Å². The number of benzene rings is 2. The van der Waals surface area contributed by atoms with Crippen molar-refractivity contribution < 1.29 is 18.3 Å². The highest BCUT2D eigenvalue weighted by atomic mass is 19.3. The number of hydrogen-bond acceptors (Lipinski definition) is 4. The Bertz CT molecular complexity index is 1400. The minimum atomic E-state index is -2.51. The molecule has 1 aliphatic heterocycles. The maximum Gasteiger partial charge on any atom is 0.272 e. The molecule has 3 heterocycles. The van der Waals surface area contributed by atoms with E-state index in [9.17, 15) is 8.78 Å². The molecular weight excluding hydrogens is 460 g/mol. The molecule has 0 unspecified atom stereocenters. The monoisotopic (exact) mass is 487 g/mol. The van der Waals surface area contributed by atoms with Gasteiger partial charge < -0.3 is 14.0 Å². The van der Waals surface area contributed by atoms with Crippen molar-refractivity contribution in [1.82, 2.24) is 9.55 Å². The highest BCUT2D eigenvalue weighted by Gasteiger charge is 2.22. The molecule has 4 aromatic rings. The van der Waals surface area contributed by atoms with Crippen LogP contribution in [0.25, 0.3) is 11.3 Å². The Kier molecular flexibility index (Phi) is 7.07. The van der Waals surface area contributed by atoms with E-state index in [0.717, 1.165) is 51.3 Å². The van der Waals surface area contributed by atoms with Crippen LogP contribution in [0.4, 0.5) is 8.78 Å². The predicted molar refractivity (Wildman–Crippen MR) is 134 cm³/mol. The third-order valence-electron chi connectivity index (χ3n) is 6.21. The lowest BCUT2D eigenvalue weighted by atomic mass is 9.94. The van der Waals surface area contributed by atoms with E-state index in [0.29, 0.717) is 25.4 Å². The van der Waals surface area contributed by atoms with E-state index in [1.54, 1.807) is 12.3 Å². The number of ether oxygens (including phenoxy) is 2. The topological polar surface area (TPSA) is 48.6 Å². The summed E-state index contributed by atoms with van der Waals surface area (Å²) in [7, 11) is 0. The number of hydrogen-bond donors (Lipinski definition) is 0. The van der Waals surface area contributed by atoms with Crippen molar-refractivity contribution in [3.05, 3.63) is 107 Å². The Balaban J connectivity index is 1.56. The van der Waals surface area contributed by atoms with Crippen LogP contribution in [0.3, 0.4) is 0 Å². The van der Waals surface area contributed by atoms with E-state index in [2.05, 4.69) is 9.55 Å². The first-order chi connectivity index (χ1) is 17.6. The lowest BCUT2D eigenvalue weighted by Crippen LogP contribution is -2.28. The molecule has 2 aromatic heterocycles. The molecule has 0 amide bonds. The lowest BCUT2D eigenvalue weighted by Gasteiger charge is -2.26. The summed E-state index contributed by atoms with van der Waals surface area (Å²) < 4.78 is 39.0. The zero-order chi connectivity index (χ0) is 24.9. The van der Waals surface area contributed by atoms with E-state index in [1.807, 2.05) is 73.7 Å². The third kappa shape index (κ3) is 5.30. The Hall–Kier alpha value is -4.00. The highest BCUT2D eigenvalue weighted by Crippen LogP contribution is 2.36. The summed E-state index contributed by atoms with van der Waals surface area (Å²) in [6.45, 7) is 3.04. The van der Waals surface area contributed by atoms with Gasteiger partial charge in [-0.25, -0.2) is 8.78 Å². The van der Waals surface area contributed by atoms with Crippen molar-refractivity contribution in [2.24, 2.45) is 4.99 Å². The molecule has 7 heteroatoms. The van der Waals surface area contributed by atoms with Gasteiger partial charge in [0.2, 0.25) is 0 Å². The van der Waals surface area contributed by atoms with Crippen molar-refractivity contribution in [2.75, 3.05) is 6.61 Å². The molecule has 0 bridgehead atoms. The van der Waals surface area contributed by atoms with Crippen molar-refractivity contribution in [3.63, 3.8) is 0 Å². The second kappa shape index (κ2) is 10.7. The van der Waals surface area contributed by atoms with Crippen LogP contribution in [-0.4, -0.2) is 22.6 Å². The third-order valence-corrected chi connectivity index (χ3v) is 6.21. The fraction of sp³-hybridized carbons (Fsp3) is 0.241. The van der Waals surface area contributed by atoms with Gasteiger partial charge in [-0.15, -0.1) is 0 Å². The molecule has 0 saturated carbocycles. The second-order valence-corrected chi connectivity index (χ2v) is 8.67. The number of alkyl halides is 2. The van der Waals surface area contributed by atoms with Gasteiger partial charge >= 0.3 is 0 Å². The van der Waals surface area contributed by atoms with Gasteiger partial charge in [0, 0.05) is 29.9 Å². The first-order valence-electron chi connectivity index (χ1n) is 11.9. The van der Waals surface area contributed by atoms with Gasteiger partial charge in [-0.1, -0.05) is 36.4 Å². The van der Waals surface area contributed by atoms with Crippen molar-refractivity contribution in [3.8, 4) is 22.8 Å². The molecule has 0 N–H and O–H groups in total. The van der Waals surface area contributed by atoms with Crippen LogP contribution >= 0.6 is 0 Å². The summed E-state index contributed by atoms with van der Waals surface area (Å²) in [5.41, 5.74) is 6.88. The number of aromatic nitrogens is 2. The molecule has 0 saturated heterocycles. The lowest BCUT2D eigenvalue weighted by molar-refractivity contribution is 0.0818. The number of halogens is 2. The van der Waals surface area contributed by atoms with Crippen LogP contribution in [-0.2, 0) is 26.1 Å². The van der Waals surface area contributed by atoms with Gasteiger partial charge in [0.05, 0.1) is 17.9 Å². The van der Waals surface area contributed by atoms with E-state index in [4.69, 9.17) is 14.5 Å². The van der Waals surface area contributed by atoms with Gasteiger partial charge in [-0.05, 0) is 54.8 Å². The molecule has 0 aliphatic carbocycles.